The number of carbonyl (C=O) groups excluding carboxylic acids is 1. The lowest BCUT2D eigenvalue weighted by Gasteiger charge is -2.14. The van der Waals surface area contributed by atoms with Crippen LogP contribution in [0.5, 0.6) is 0 Å². The number of nitrogens with zero attached hydrogens (tertiary/aromatic N) is 2. The Morgan fingerprint density at radius 1 is 1.45 bits per heavy atom. The Kier molecular flexibility index (Phi) is 4.90. The highest BCUT2D eigenvalue weighted by Crippen LogP contribution is 2.15. The fourth-order valence-corrected chi connectivity index (χ4v) is 2.05. The molecule has 1 aromatic heterocycles. The van der Waals surface area contributed by atoms with Crippen molar-refractivity contribution in [2.75, 3.05) is 13.7 Å². The van der Waals surface area contributed by atoms with Gasteiger partial charge in [0.1, 0.15) is 0 Å². The molecule has 1 amide bonds. The lowest BCUT2D eigenvalue weighted by atomic mass is 10.1. The molecular weight excluding hydrogens is 286 g/mol. The molecule has 116 valence electrons. The van der Waals surface area contributed by atoms with E-state index in [9.17, 15) is 9.59 Å². The van der Waals surface area contributed by atoms with Crippen LogP contribution in [0, 0.1) is 6.92 Å². The van der Waals surface area contributed by atoms with E-state index in [1.807, 2.05) is 13.0 Å². The second-order valence-corrected chi connectivity index (χ2v) is 4.77. The number of methoxy groups -OCH3 is 1. The molecule has 1 atom stereocenters. The van der Waals surface area contributed by atoms with Gasteiger partial charge in [-0.15, -0.1) is 0 Å². The van der Waals surface area contributed by atoms with Gasteiger partial charge in [0.05, 0.1) is 12.3 Å². The summed E-state index contributed by atoms with van der Waals surface area (Å²) >= 11 is 0. The zero-order valence-corrected chi connectivity index (χ0v) is 12.3. The zero-order chi connectivity index (χ0) is 16.1. The van der Waals surface area contributed by atoms with Gasteiger partial charge in [-0.25, -0.2) is 9.48 Å². The van der Waals surface area contributed by atoms with E-state index in [2.05, 4.69) is 10.4 Å². The van der Waals surface area contributed by atoms with Gasteiger partial charge >= 0.3 is 5.97 Å². The maximum Gasteiger partial charge on any atom is 0.328 e. The van der Waals surface area contributed by atoms with Crippen LogP contribution in [0.3, 0.4) is 0 Å². The highest BCUT2D eigenvalue weighted by atomic mass is 16.5. The fourth-order valence-electron chi connectivity index (χ4n) is 2.05. The number of aromatic nitrogens is 2. The lowest BCUT2D eigenvalue weighted by molar-refractivity contribution is -0.140. The molecule has 2 aromatic rings. The fraction of sp³-hybridized carbons (Fsp3) is 0.267. The van der Waals surface area contributed by atoms with E-state index in [0.717, 1.165) is 11.3 Å². The van der Waals surface area contributed by atoms with E-state index in [4.69, 9.17) is 9.84 Å². The van der Waals surface area contributed by atoms with Crippen molar-refractivity contribution in [1.29, 1.82) is 0 Å². The number of hydrogen-bond donors (Lipinski definition) is 2. The number of ether oxygens (including phenoxy) is 1. The van der Waals surface area contributed by atoms with Crippen molar-refractivity contribution >= 4 is 11.9 Å². The van der Waals surface area contributed by atoms with Crippen LogP contribution in [-0.2, 0) is 9.53 Å². The number of hydrogen-bond acceptors (Lipinski definition) is 4. The Labute approximate surface area is 127 Å². The molecule has 1 heterocycles. The SMILES string of the molecule is COCC(NC(=O)c1ccc(-n2cccn2)c(C)c1)C(=O)O. The van der Waals surface area contributed by atoms with Crippen molar-refractivity contribution in [3.63, 3.8) is 0 Å². The number of carbonyl (C=O) groups is 2. The van der Waals surface area contributed by atoms with Gasteiger partial charge in [-0.2, -0.15) is 5.10 Å². The van der Waals surface area contributed by atoms with E-state index >= 15 is 0 Å². The molecule has 0 spiro atoms. The number of benzene rings is 1. The molecule has 0 radical (unpaired) electrons. The summed E-state index contributed by atoms with van der Waals surface area (Å²) in [5.74, 6) is -1.60. The first-order valence-electron chi connectivity index (χ1n) is 6.66. The average molecular weight is 303 g/mol. The van der Waals surface area contributed by atoms with Crippen LogP contribution in [0.15, 0.2) is 36.7 Å². The molecule has 7 nitrogen and oxygen atoms in total. The molecule has 0 saturated heterocycles. The van der Waals surface area contributed by atoms with Gasteiger partial charge in [0, 0.05) is 25.1 Å². The minimum atomic E-state index is -1.14. The van der Waals surface area contributed by atoms with E-state index in [1.165, 1.54) is 7.11 Å². The highest BCUT2D eigenvalue weighted by Gasteiger charge is 2.20. The molecule has 7 heteroatoms. The van der Waals surface area contributed by atoms with Crippen LogP contribution in [0.4, 0.5) is 0 Å². The summed E-state index contributed by atoms with van der Waals surface area (Å²) < 4.78 is 6.48. The Balaban J connectivity index is 2.17. The molecule has 1 aromatic carbocycles. The van der Waals surface area contributed by atoms with E-state index in [-0.39, 0.29) is 6.61 Å². The first-order valence-corrected chi connectivity index (χ1v) is 6.66. The van der Waals surface area contributed by atoms with Gasteiger partial charge in [0.25, 0.3) is 5.91 Å². The third kappa shape index (κ3) is 3.50. The minimum Gasteiger partial charge on any atom is -0.480 e. The number of nitrogens with one attached hydrogen (secondary N) is 1. The second-order valence-electron chi connectivity index (χ2n) is 4.77. The van der Waals surface area contributed by atoms with Gasteiger partial charge in [-0.3, -0.25) is 4.79 Å². The van der Waals surface area contributed by atoms with Gasteiger partial charge in [-0.1, -0.05) is 0 Å². The van der Waals surface area contributed by atoms with Gasteiger partial charge in [0.2, 0.25) is 0 Å². The van der Waals surface area contributed by atoms with Crippen LogP contribution in [0.25, 0.3) is 5.69 Å². The summed E-state index contributed by atoms with van der Waals surface area (Å²) in [7, 11) is 1.38. The standard InChI is InChI=1S/C15H17N3O4/c1-10-8-11(4-5-13(10)18-7-3-6-16-18)14(19)17-12(9-22-2)15(20)21/h3-8,12H,9H2,1-2H3,(H,17,19)(H,20,21). The molecule has 0 bridgehead atoms. The largest absolute Gasteiger partial charge is 0.480 e. The van der Waals surface area contributed by atoms with Gasteiger partial charge in [-0.05, 0) is 36.8 Å². The molecule has 0 aliphatic heterocycles. The molecule has 2 rings (SSSR count). The quantitative estimate of drug-likeness (QED) is 0.830. The summed E-state index contributed by atoms with van der Waals surface area (Å²) in [5.41, 5.74) is 2.10. The molecular formula is C15H17N3O4. The van der Waals surface area contributed by atoms with Crippen LogP contribution >= 0.6 is 0 Å². The third-order valence-electron chi connectivity index (χ3n) is 3.15. The normalized spacial score (nSPS) is 11.9. The Hall–Kier alpha value is -2.67. The van der Waals surface area contributed by atoms with Crippen molar-refractivity contribution in [1.82, 2.24) is 15.1 Å². The van der Waals surface area contributed by atoms with Crippen molar-refractivity contribution in [3.05, 3.63) is 47.8 Å². The number of carboxylic acid groups (broad SMARTS) is 1. The molecule has 0 saturated carbocycles. The van der Waals surface area contributed by atoms with E-state index < -0.39 is 17.9 Å². The molecule has 1 unspecified atom stereocenters. The van der Waals surface area contributed by atoms with Gasteiger partial charge < -0.3 is 15.2 Å². The minimum absolute atomic E-state index is 0.0918. The molecule has 0 aliphatic rings. The summed E-state index contributed by atoms with van der Waals surface area (Å²) in [6.07, 6.45) is 3.48. The number of aliphatic carboxylic acids is 1. The Bertz CT molecular complexity index is 667. The predicted octanol–water partition coefficient (Wildman–Crippen LogP) is 1.01. The lowest BCUT2D eigenvalue weighted by Crippen LogP contribution is -2.43. The van der Waals surface area contributed by atoms with Crippen LogP contribution in [0.2, 0.25) is 0 Å². The first-order chi connectivity index (χ1) is 10.5. The van der Waals surface area contributed by atoms with Crippen molar-refractivity contribution in [3.8, 4) is 5.69 Å². The topological polar surface area (TPSA) is 93.5 Å². The first kappa shape index (κ1) is 15.7. The Morgan fingerprint density at radius 3 is 2.77 bits per heavy atom. The van der Waals surface area contributed by atoms with Crippen molar-refractivity contribution in [2.24, 2.45) is 0 Å². The molecule has 0 aliphatic carbocycles. The second kappa shape index (κ2) is 6.86. The van der Waals surface area contributed by atoms with Crippen molar-refractivity contribution < 1.29 is 19.4 Å². The monoisotopic (exact) mass is 303 g/mol. The Morgan fingerprint density at radius 2 is 2.23 bits per heavy atom. The van der Waals surface area contributed by atoms with E-state index in [0.29, 0.717) is 5.56 Å². The third-order valence-corrected chi connectivity index (χ3v) is 3.15. The van der Waals surface area contributed by atoms with Crippen LogP contribution in [0.1, 0.15) is 15.9 Å². The maximum absolute atomic E-state index is 12.1. The summed E-state index contributed by atoms with van der Waals surface area (Å²) in [5, 5.41) is 15.6. The molecule has 0 fully saturated rings. The number of amides is 1. The molecule has 22 heavy (non-hydrogen) atoms. The van der Waals surface area contributed by atoms with E-state index in [1.54, 1.807) is 35.3 Å². The number of rotatable bonds is 6. The summed E-state index contributed by atoms with van der Waals surface area (Å²) in [6, 6.07) is 5.82. The molecule has 2 N–H and O–H groups in total. The zero-order valence-electron chi connectivity index (χ0n) is 12.3. The predicted molar refractivity (Wildman–Crippen MR) is 79.1 cm³/mol. The summed E-state index contributed by atoms with van der Waals surface area (Å²) in [4.78, 5) is 23.2. The number of aryl methyl sites for hydroxylation is 1. The highest BCUT2D eigenvalue weighted by molar-refractivity contribution is 5.97. The van der Waals surface area contributed by atoms with Crippen molar-refractivity contribution in [2.45, 2.75) is 13.0 Å². The number of carboxylic acids is 1. The average Bonchev–Trinajstić information content (AvgIpc) is 3.00. The van der Waals surface area contributed by atoms with Crippen LogP contribution in [-0.4, -0.2) is 46.5 Å². The smallest absolute Gasteiger partial charge is 0.328 e. The maximum atomic E-state index is 12.1. The van der Waals surface area contributed by atoms with Gasteiger partial charge in [0.15, 0.2) is 6.04 Å². The summed E-state index contributed by atoms with van der Waals surface area (Å²) in [6.45, 7) is 1.77. The van der Waals surface area contributed by atoms with Crippen LogP contribution < -0.4 is 5.32 Å².